The first-order valence-corrected chi connectivity index (χ1v) is 5.47. The first kappa shape index (κ1) is 15.2. The third kappa shape index (κ3) is 5.16. The first-order chi connectivity index (χ1) is 6.35. The summed E-state index contributed by atoms with van der Waals surface area (Å²) in [6.45, 7) is 9.57. The third-order valence-corrected chi connectivity index (χ3v) is 2.87. The van der Waals surface area contributed by atoms with Gasteiger partial charge in [0.15, 0.2) is 0 Å². The highest BCUT2D eigenvalue weighted by molar-refractivity contribution is 5.85. The predicted molar refractivity (Wildman–Crippen MR) is 66.4 cm³/mol. The van der Waals surface area contributed by atoms with E-state index in [4.69, 9.17) is 5.73 Å². The van der Waals surface area contributed by atoms with Crippen LogP contribution in [0.3, 0.4) is 0 Å². The van der Waals surface area contributed by atoms with Crippen LogP contribution < -0.4 is 5.73 Å². The summed E-state index contributed by atoms with van der Waals surface area (Å²) >= 11 is 0. The first-order valence-electron chi connectivity index (χ1n) is 5.47. The summed E-state index contributed by atoms with van der Waals surface area (Å²) in [6, 6.07) is 0. The molecule has 0 saturated carbocycles. The van der Waals surface area contributed by atoms with Crippen molar-refractivity contribution in [1.82, 2.24) is 4.90 Å². The maximum Gasteiger partial charge on any atom is 0.0497 e. The van der Waals surface area contributed by atoms with Gasteiger partial charge in [0.25, 0.3) is 0 Å². The van der Waals surface area contributed by atoms with Gasteiger partial charge in [-0.25, -0.2) is 0 Å². The molecule has 1 unspecified atom stereocenters. The number of hydrogen-bond acceptors (Lipinski definition) is 3. The normalized spacial score (nSPS) is 28.6. The minimum atomic E-state index is -0.131. The third-order valence-electron chi connectivity index (χ3n) is 2.87. The van der Waals surface area contributed by atoms with E-state index in [2.05, 4.69) is 25.7 Å². The molecule has 4 heteroatoms. The lowest BCUT2D eigenvalue weighted by molar-refractivity contribution is 0.0387. The van der Waals surface area contributed by atoms with Crippen molar-refractivity contribution in [2.75, 3.05) is 26.2 Å². The molecule has 0 radical (unpaired) electrons. The number of aliphatic hydroxyl groups is 1. The van der Waals surface area contributed by atoms with Crippen LogP contribution >= 0.6 is 12.4 Å². The Morgan fingerprint density at radius 3 is 2.53 bits per heavy atom. The number of rotatable bonds is 3. The maximum atomic E-state index is 9.31. The summed E-state index contributed by atoms with van der Waals surface area (Å²) in [6.07, 6.45) is 2.30. The van der Waals surface area contributed by atoms with Gasteiger partial charge in [-0.1, -0.05) is 6.92 Å². The van der Waals surface area contributed by atoms with Crippen molar-refractivity contribution in [3.8, 4) is 0 Å². The van der Waals surface area contributed by atoms with Gasteiger partial charge < -0.3 is 15.7 Å². The van der Waals surface area contributed by atoms with Crippen LogP contribution in [-0.2, 0) is 0 Å². The Morgan fingerprint density at radius 2 is 2.07 bits per heavy atom. The Labute approximate surface area is 99.4 Å². The molecule has 1 atom stereocenters. The van der Waals surface area contributed by atoms with Crippen molar-refractivity contribution in [2.24, 2.45) is 11.1 Å². The largest absolute Gasteiger partial charge is 0.396 e. The molecule has 0 aliphatic carbocycles. The lowest BCUT2D eigenvalue weighted by Gasteiger charge is -2.41. The number of nitrogens with two attached hydrogens (primary N) is 1. The minimum absolute atomic E-state index is 0. The van der Waals surface area contributed by atoms with E-state index in [1.54, 1.807) is 0 Å². The molecule has 15 heavy (non-hydrogen) atoms. The molecule has 1 fully saturated rings. The molecule has 0 spiro atoms. The SMILES string of the molecule is CC(C)(N)CN1CCCC(C)(CO)C1.Cl. The van der Waals surface area contributed by atoms with Crippen molar-refractivity contribution in [2.45, 2.75) is 39.2 Å². The van der Waals surface area contributed by atoms with E-state index in [0.717, 1.165) is 26.1 Å². The topological polar surface area (TPSA) is 49.5 Å². The van der Waals surface area contributed by atoms with E-state index in [1.165, 1.54) is 6.42 Å². The fraction of sp³-hybridized carbons (Fsp3) is 1.00. The Bertz CT molecular complexity index is 194. The fourth-order valence-corrected chi connectivity index (χ4v) is 2.27. The molecule has 1 rings (SSSR count). The van der Waals surface area contributed by atoms with Crippen LogP contribution in [0.25, 0.3) is 0 Å². The van der Waals surface area contributed by atoms with E-state index in [9.17, 15) is 5.11 Å². The highest BCUT2D eigenvalue weighted by Crippen LogP contribution is 2.29. The van der Waals surface area contributed by atoms with E-state index in [1.807, 2.05) is 0 Å². The quantitative estimate of drug-likeness (QED) is 0.775. The highest BCUT2D eigenvalue weighted by atomic mass is 35.5. The molecule has 1 saturated heterocycles. The number of halogens is 1. The standard InChI is InChI=1S/C11H24N2O.ClH/c1-10(2,12)7-13-6-4-5-11(3,8-13)9-14;/h14H,4-9,12H2,1-3H3;1H. The van der Waals surface area contributed by atoms with E-state index in [-0.39, 0.29) is 30.0 Å². The number of nitrogens with zero attached hydrogens (tertiary/aromatic N) is 1. The van der Waals surface area contributed by atoms with Gasteiger partial charge in [-0.3, -0.25) is 0 Å². The molecular weight excluding hydrogens is 212 g/mol. The van der Waals surface area contributed by atoms with Gasteiger partial charge in [0.1, 0.15) is 0 Å². The second-order valence-corrected chi connectivity index (χ2v) is 5.77. The van der Waals surface area contributed by atoms with Crippen LogP contribution in [0.1, 0.15) is 33.6 Å². The summed E-state index contributed by atoms with van der Waals surface area (Å²) in [5, 5.41) is 9.31. The zero-order chi connectivity index (χ0) is 10.8. The van der Waals surface area contributed by atoms with E-state index in [0.29, 0.717) is 0 Å². The van der Waals surface area contributed by atoms with Crippen LogP contribution in [0.15, 0.2) is 0 Å². The molecule has 0 aromatic carbocycles. The Balaban J connectivity index is 0.00000196. The second kappa shape index (κ2) is 5.48. The van der Waals surface area contributed by atoms with Gasteiger partial charge in [0.05, 0.1) is 0 Å². The highest BCUT2D eigenvalue weighted by Gasteiger charge is 2.31. The maximum absolute atomic E-state index is 9.31. The summed E-state index contributed by atoms with van der Waals surface area (Å²) in [5.74, 6) is 0. The van der Waals surface area contributed by atoms with Gasteiger partial charge in [-0.2, -0.15) is 0 Å². The van der Waals surface area contributed by atoms with Crippen LogP contribution in [0.5, 0.6) is 0 Å². The Morgan fingerprint density at radius 1 is 1.47 bits per heavy atom. The van der Waals surface area contributed by atoms with Crippen LogP contribution in [0, 0.1) is 5.41 Å². The lowest BCUT2D eigenvalue weighted by Crippen LogP contribution is -2.51. The number of piperidine rings is 1. The smallest absolute Gasteiger partial charge is 0.0497 e. The Kier molecular flexibility index (Phi) is 5.55. The molecule has 0 aromatic rings. The minimum Gasteiger partial charge on any atom is -0.396 e. The second-order valence-electron chi connectivity index (χ2n) is 5.77. The van der Waals surface area contributed by atoms with Gasteiger partial charge in [0.2, 0.25) is 0 Å². The van der Waals surface area contributed by atoms with E-state index < -0.39 is 0 Å². The average molecular weight is 237 g/mol. The molecule has 0 aromatic heterocycles. The van der Waals surface area contributed by atoms with Gasteiger partial charge in [0, 0.05) is 30.7 Å². The van der Waals surface area contributed by atoms with Crippen LogP contribution in [-0.4, -0.2) is 41.8 Å². The monoisotopic (exact) mass is 236 g/mol. The van der Waals surface area contributed by atoms with Crippen LogP contribution in [0.4, 0.5) is 0 Å². The molecule has 0 amide bonds. The fourth-order valence-electron chi connectivity index (χ4n) is 2.27. The number of hydrogen-bond donors (Lipinski definition) is 2. The molecule has 1 heterocycles. The Hall–Kier alpha value is 0.170. The van der Waals surface area contributed by atoms with Gasteiger partial charge in [-0.15, -0.1) is 12.4 Å². The summed E-state index contributed by atoms with van der Waals surface area (Å²) in [4.78, 5) is 2.37. The van der Waals surface area contributed by atoms with Crippen molar-refractivity contribution in [3.63, 3.8) is 0 Å². The van der Waals surface area contributed by atoms with Crippen molar-refractivity contribution >= 4 is 12.4 Å². The van der Waals surface area contributed by atoms with E-state index >= 15 is 0 Å². The van der Waals surface area contributed by atoms with Gasteiger partial charge >= 0.3 is 0 Å². The summed E-state index contributed by atoms with van der Waals surface area (Å²) in [7, 11) is 0. The van der Waals surface area contributed by atoms with Crippen molar-refractivity contribution < 1.29 is 5.11 Å². The predicted octanol–water partition coefficient (Wildman–Crippen LogP) is 1.24. The molecule has 1 aliphatic heterocycles. The lowest BCUT2D eigenvalue weighted by atomic mass is 9.82. The number of likely N-dealkylation sites (tertiary alicyclic amines) is 1. The number of aliphatic hydroxyl groups excluding tert-OH is 1. The zero-order valence-corrected chi connectivity index (χ0v) is 10.9. The van der Waals surface area contributed by atoms with Gasteiger partial charge in [-0.05, 0) is 33.2 Å². The molecule has 3 nitrogen and oxygen atoms in total. The summed E-state index contributed by atoms with van der Waals surface area (Å²) < 4.78 is 0. The van der Waals surface area contributed by atoms with Crippen molar-refractivity contribution in [3.05, 3.63) is 0 Å². The van der Waals surface area contributed by atoms with Crippen LogP contribution in [0.2, 0.25) is 0 Å². The molecule has 92 valence electrons. The van der Waals surface area contributed by atoms with Crippen molar-refractivity contribution in [1.29, 1.82) is 0 Å². The molecule has 3 N–H and O–H groups in total. The molecule has 0 bridgehead atoms. The zero-order valence-electron chi connectivity index (χ0n) is 10.1. The average Bonchev–Trinajstić information content (AvgIpc) is 2.01. The molecular formula is C11H25ClN2O. The summed E-state index contributed by atoms with van der Waals surface area (Å²) in [5.41, 5.74) is 5.95. The molecule has 1 aliphatic rings.